The monoisotopic (exact) mass is 276 g/mol. The molecule has 108 valence electrons. The van der Waals surface area contributed by atoms with E-state index in [1.165, 1.54) is 12.7 Å². The van der Waals surface area contributed by atoms with Gasteiger partial charge in [-0.2, -0.15) is 0 Å². The van der Waals surface area contributed by atoms with E-state index in [2.05, 4.69) is 31.0 Å². The van der Waals surface area contributed by atoms with Crippen LogP contribution in [0.15, 0.2) is 0 Å². The molecule has 0 aromatic heterocycles. The summed E-state index contributed by atoms with van der Waals surface area (Å²) in [5.74, 6) is 1.01. The zero-order valence-corrected chi connectivity index (χ0v) is 13.0. The first-order chi connectivity index (χ1) is 8.28. The third kappa shape index (κ3) is 6.16. The molecule has 2 atom stereocenters. The van der Waals surface area contributed by atoms with E-state index in [9.17, 15) is 8.42 Å². The zero-order chi connectivity index (χ0) is 13.8. The maximum absolute atomic E-state index is 11.1. The van der Waals surface area contributed by atoms with Crippen LogP contribution in [0.4, 0.5) is 0 Å². The van der Waals surface area contributed by atoms with Crippen LogP contribution in [0, 0.1) is 5.92 Å². The summed E-state index contributed by atoms with van der Waals surface area (Å²) in [5.41, 5.74) is 0. The molecule has 0 radical (unpaired) electrons. The van der Waals surface area contributed by atoms with E-state index < -0.39 is 9.84 Å². The van der Waals surface area contributed by atoms with Gasteiger partial charge in [-0.1, -0.05) is 13.8 Å². The van der Waals surface area contributed by atoms with E-state index in [0.717, 1.165) is 26.1 Å². The summed E-state index contributed by atoms with van der Waals surface area (Å²) < 4.78 is 22.3. The number of nitrogens with zero attached hydrogens (tertiary/aromatic N) is 1. The summed E-state index contributed by atoms with van der Waals surface area (Å²) in [6, 6.07) is 1.06. The lowest BCUT2D eigenvalue weighted by Crippen LogP contribution is -2.55. The molecule has 1 rings (SSSR count). The van der Waals surface area contributed by atoms with Crippen LogP contribution in [0.25, 0.3) is 0 Å². The molecule has 1 aliphatic rings. The molecule has 1 N–H and O–H groups in total. The van der Waals surface area contributed by atoms with E-state index in [4.69, 9.17) is 0 Å². The first-order valence-electron chi connectivity index (χ1n) is 6.93. The summed E-state index contributed by atoms with van der Waals surface area (Å²) >= 11 is 0. The van der Waals surface area contributed by atoms with E-state index in [1.807, 2.05) is 0 Å². The molecule has 0 aromatic rings. The lowest BCUT2D eigenvalue weighted by atomic mass is 10.00. The molecule has 0 spiro atoms. The number of piperazine rings is 1. The normalized spacial score (nSPS) is 26.7. The van der Waals surface area contributed by atoms with Gasteiger partial charge in [-0.25, -0.2) is 8.42 Å². The topological polar surface area (TPSA) is 49.4 Å². The number of hydrogen-bond acceptors (Lipinski definition) is 4. The molecule has 0 aliphatic carbocycles. The van der Waals surface area contributed by atoms with Crippen LogP contribution in [0.2, 0.25) is 0 Å². The Balaban J connectivity index is 2.37. The Morgan fingerprint density at radius 3 is 2.61 bits per heavy atom. The Morgan fingerprint density at radius 2 is 2.06 bits per heavy atom. The molecule has 0 saturated carbocycles. The van der Waals surface area contributed by atoms with Crippen molar-refractivity contribution in [1.29, 1.82) is 0 Å². The Morgan fingerprint density at radius 1 is 1.39 bits per heavy atom. The molecule has 2 unspecified atom stereocenters. The molecular formula is C13H28N2O2S. The van der Waals surface area contributed by atoms with Gasteiger partial charge in [0.2, 0.25) is 0 Å². The van der Waals surface area contributed by atoms with Gasteiger partial charge in [0.1, 0.15) is 9.84 Å². The van der Waals surface area contributed by atoms with E-state index >= 15 is 0 Å². The van der Waals surface area contributed by atoms with Crippen LogP contribution in [0.3, 0.4) is 0 Å². The SMILES string of the molecule is CC(C)CC1CN(CCCS(C)(=O)=O)C(C)CN1. The minimum atomic E-state index is -2.82. The second kappa shape index (κ2) is 6.87. The van der Waals surface area contributed by atoms with E-state index in [0.29, 0.717) is 23.8 Å². The molecule has 0 aromatic carbocycles. The smallest absolute Gasteiger partial charge is 0.147 e. The van der Waals surface area contributed by atoms with Crippen molar-refractivity contribution in [2.45, 2.75) is 45.7 Å². The summed E-state index contributed by atoms with van der Waals surface area (Å²) in [6.45, 7) is 9.64. The van der Waals surface area contributed by atoms with Crippen molar-refractivity contribution in [3.05, 3.63) is 0 Å². The Labute approximate surface area is 112 Å². The molecule has 5 heteroatoms. The van der Waals surface area contributed by atoms with E-state index in [1.54, 1.807) is 0 Å². The molecule has 1 heterocycles. The summed E-state index contributed by atoms with van der Waals surface area (Å²) in [7, 11) is -2.82. The quantitative estimate of drug-likeness (QED) is 0.790. The van der Waals surface area contributed by atoms with Crippen molar-refractivity contribution in [1.82, 2.24) is 10.2 Å². The molecular weight excluding hydrogens is 248 g/mol. The largest absolute Gasteiger partial charge is 0.311 e. The van der Waals surface area contributed by atoms with Gasteiger partial charge in [0.15, 0.2) is 0 Å². The van der Waals surface area contributed by atoms with Crippen LogP contribution >= 0.6 is 0 Å². The molecule has 1 aliphatic heterocycles. The van der Waals surface area contributed by atoms with Crippen LogP contribution in [0.5, 0.6) is 0 Å². The van der Waals surface area contributed by atoms with Gasteiger partial charge in [0.05, 0.1) is 5.75 Å². The van der Waals surface area contributed by atoms with Crippen LogP contribution in [-0.4, -0.2) is 57.0 Å². The van der Waals surface area contributed by atoms with Crippen molar-refractivity contribution in [3.63, 3.8) is 0 Å². The number of hydrogen-bond donors (Lipinski definition) is 1. The molecule has 1 saturated heterocycles. The second-order valence-corrected chi connectivity index (χ2v) is 8.32. The van der Waals surface area contributed by atoms with Crippen LogP contribution in [-0.2, 0) is 9.84 Å². The zero-order valence-electron chi connectivity index (χ0n) is 12.1. The maximum Gasteiger partial charge on any atom is 0.147 e. The van der Waals surface area contributed by atoms with Gasteiger partial charge in [-0.3, -0.25) is 4.90 Å². The first kappa shape index (κ1) is 15.9. The highest BCUT2D eigenvalue weighted by atomic mass is 32.2. The number of sulfone groups is 1. The minimum Gasteiger partial charge on any atom is -0.311 e. The lowest BCUT2D eigenvalue weighted by Gasteiger charge is -2.39. The average molecular weight is 276 g/mol. The summed E-state index contributed by atoms with van der Waals surface area (Å²) in [6.07, 6.45) is 3.25. The third-order valence-corrected chi connectivity index (χ3v) is 4.53. The average Bonchev–Trinajstić information content (AvgIpc) is 2.20. The highest BCUT2D eigenvalue weighted by Gasteiger charge is 2.24. The van der Waals surface area contributed by atoms with Gasteiger partial charge in [0.25, 0.3) is 0 Å². The third-order valence-electron chi connectivity index (χ3n) is 3.50. The molecule has 4 nitrogen and oxygen atoms in total. The predicted molar refractivity (Wildman–Crippen MR) is 76.6 cm³/mol. The first-order valence-corrected chi connectivity index (χ1v) is 8.99. The van der Waals surface area contributed by atoms with E-state index in [-0.39, 0.29) is 0 Å². The van der Waals surface area contributed by atoms with Gasteiger partial charge in [-0.05, 0) is 32.2 Å². The molecule has 1 fully saturated rings. The Kier molecular flexibility index (Phi) is 6.08. The predicted octanol–water partition coefficient (Wildman–Crippen LogP) is 1.13. The fourth-order valence-corrected chi connectivity index (χ4v) is 3.22. The van der Waals surface area contributed by atoms with Gasteiger partial charge >= 0.3 is 0 Å². The number of nitrogens with one attached hydrogen (secondary N) is 1. The highest BCUT2D eigenvalue weighted by molar-refractivity contribution is 7.90. The van der Waals surface area contributed by atoms with Crippen LogP contribution < -0.4 is 5.32 Å². The molecule has 0 amide bonds. The standard InChI is InChI=1S/C13H28N2O2S/c1-11(2)8-13-10-15(12(3)9-14-13)6-5-7-18(4,16)17/h11-14H,5-10H2,1-4H3. The van der Waals surface area contributed by atoms with Crippen molar-refractivity contribution in [3.8, 4) is 0 Å². The van der Waals surface area contributed by atoms with Crippen molar-refractivity contribution in [2.75, 3.05) is 31.6 Å². The van der Waals surface area contributed by atoms with Crippen molar-refractivity contribution < 1.29 is 8.42 Å². The summed E-state index contributed by atoms with van der Waals surface area (Å²) in [5, 5.41) is 3.58. The Hall–Kier alpha value is -0.130. The summed E-state index contributed by atoms with van der Waals surface area (Å²) in [4.78, 5) is 2.43. The fraction of sp³-hybridized carbons (Fsp3) is 1.00. The molecule has 0 bridgehead atoms. The van der Waals surface area contributed by atoms with Gasteiger partial charge in [-0.15, -0.1) is 0 Å². The fourth-order valence-electron chi connectivity index (χ4n) is 2.56. The lowest BCUT2D eigenvalue weighted by molar-refractivity contribution is 0.132. The maximum atomic E-state index is 11.1. The van der Waals surface area contributed by atoms with Crippen molar-refractivity contribution in [2.24, 2.45) is 5.92 Å². The molecule has 18 heavy (non-hydrogen) atoms. The van der Waals surface area contributed by atoms with Gasteiger partial charge in [0, 0.05) is 31.4 Å². The van der Waals surface area contributed by atoms with Crippen molar-refractivity contribution >= 4 is 9.84 Å². The minimum absolute atomic E-state index is 0.304. The Bertz CT molecular complexity index is 341. The highest BCUT2D eigenvalue weighted by Crippen LogP contribution is 2.13. The second-order valence-electron chi connectivity index (χ2n) is 6.06. The van der Waals surface area contributed by atoms with Gasteiger partial charge < -0.3 is 5.32 Å². The van der Waals surface area contributed by atoms with Crippen LogP contribution in [0.1, 0.15) is 33.6 Å². The number of rotatable bonds is 6.